The highest BCUT2D eigenvalue weighted by Gasteiger charge is 2.33. The number of carbonyl (C=O) groups is 2. The Balaban J connectivity index is 2.04. The lowest BCUT2D eigenvalue weighted by molar-refractivity contribution is -0.140. The third-order valence-electron chi connectivity index (χ3n) is 5.71. The summed E-state index contributed by atoms with van der Waals surface area (Å²) in [6.45, 7) is 3.40. The van der Waals surface area contributed by atoms with E-state index in [0.717, 1.165) is 4.31 Å². The third kappa shape index (κ3) is 7.17. The summed E-state index contributed by atoms with van der Waals surface area (Å²) in [7, 11) is -4.13. The van der Waals surface area contributed by atoms with Gasteiger partial charge in [0.05, 0.1) is 10.6 Å². The first-order valence-corrected chi connectivity index (χ1v) is 14.1. The van der Waals surface area contributed by atoms with E-state index in [1.807, 2.05) is 0 Å². The minimum atomic E-state index is -4.13. The number of sulfonamides is 1. The fourth-order valence-electron chi connectivity index (χ4n) is 3.88. The second-order valence-corrected chi connectivity index (χ2v) is 11.0. The fraction of sp³-hybridized carbons (Fsp3) is 0.259. The SMILES string of the molecule is CCNC(=O)[C@H](CC)N(Cc1ccc(F)cc1)C(=O)CN(c1cccc(Br)c1)S(=O)(=O)c1ccccc1. The second kappa shape index (κ2) is 12.8. The highest BCUT2D eigenvalue weighted by atomic mass is 79.9. The van der Waals surface area contributed by atoms with Crippen molar-refractivity contribution in [2.45, 2.75) is 37.8 Å². The number of nitrogens with one attached hydrogen (secondary N) is 1. The van der Waals surface area contributed by atoms with Crippen LogP contribution in [0.2, 0.25) is 0 Å². The van der Waals surface area contributed by atoms with E-state index in [2.05, 4.69) is 21.2 Å². The predicted molar refractivity (Wildman–Crippen MR) is 145 cm³/mol. The van der Waals surface area contributed by atoms with Crippen LogP contribution >= 0.6 is 15.9 Å². The van der Waals surface area contributed by atoms with E-state index in [9.17, 15) is 22.4 Å². The van der Waals surface area contributed by atoms with Crippen LogP contribution in [-0.2, 0) is 26.2 Å². The van der Waals surface area contributed by atoms with Gasteiger partial charge in [-0.2, -0.15) is 0 Å². The maximum atomic E-state index is 13.8. The minimum absolute atomic E-state index is 0.00641. The van der Waals surface area contributed by atoms with Gasteiger partial charge in [-0.05, 0) is 61.4 Å². The lowest BCUT2D eigenvalue weighted by Gasteiger charge is -2.33. The molecule has 0 spiro atoms. The summed E-state index contributed by atoms with van der Waals surface area (Å²) in [5, 5.41) is 2.74. The van der Waals surface area contributed by atoms with Crippen molar-refractivity contribution in [3.8, 4) is 0 Å². The molecule has 0 unspecified atom stereocenters. The van der Waals surface area contributed by atoms with Crippen molar-refractivity contribution < 1.29 is 22.4 Å². The van der Waals surface area contributed by atoms with E-state index in [1.165, 1.54) is 41.3 Å². The summed E-state index contributed by atoms with van der Waals surface area (Å²) in [4.78, 5) is 28.1. The van der Waals surface area contributed by atoms with Gasteiger partial charge in [-0.25, -0.2) is 12.8 Å². The number of likely N-dealkylation sites (N-methyl/N-ethyl adjacent to an activating group) is 1. The number of anilines is 1. The molecule has 0 aliphatic carbocycles. The average molecular weight is 591 g/mol. The van der Waals surface area contributed by atoms with Gasteiger partial charge in [0.15, 0.2) is 0 Å². The van der Waals surface area contributed by atoms with E-state index in [1.54, 1.807) is 56.3 Å². The molecule has 0 bridgehead atoms. The number of carbonyl (C=O) groups excluding carboxylic acids is 2. The van der Waals surface area contributed by atoms with E-state index in [-0.39, 0.29) is 17.3 Å². The summed E-state index contributed by atoms with van der Waals surface area (Å²) in [5.74, 6) is -1.34. The van der Waals surface area contributed by atoms with Gasteiger partial charge in [0.25, 0.3) is 10.0 Å². The van der Waals surface area contributed by atoms with Crippen molar-refractivity contribution in [3.63, 3.8) is 0 Å². The van der Waals surface area contributed by atoms with Gasteiger partial charge in [0.1, 0.15) is 18.4 Å². The largest absolute Gasteiger partial charge is 0.355 e. The van der Waals surface area contributed by atoms with E-state index >= 15 is 0 Å². The molecule has 196 valence electrons. The molecule has 0 heterocycles. The standard InChI is InChI=1S/C27H29BrFN3O4S/c1-3-25(27(34)30-4-2)31(18-20-13-15-22(29)16-14-20)26(33)19-32(23-10-8-9-21(28)17-23)37(35,36)24-11-6-5-7-12-24/h5-17,25H,3-4,18-19H2,1-2H3,(H,30,34)/t25-/m0/s1. The Kier molecular flexibility index (Phi) is 9.82. The molecule has 3 aromatic carbocycles. The number of rotatable bonds is 11. The number of halogens is 2. The molecule has 10 heteroatoms. The van der Waals surface area contributed by atoms with Crippen LogP contribution in [0, 0.1) is 5.82 Å². The Morgan fingerprint density at radius 3 is 2.24 bits per heavy atom. The van der Waals surface area contributed by atoms with E-state index in [4.69, 9.17) is 0 Å². The Labute approximate surface area is 225 Å². The van der Waals surface area contributed by atoms with Crippen molar-refractivity contribution in [1.29, 1.82) is 0 Å². The lowest BCUT2D eigenvalue weighted by Crippen LogP contribution is -2.52. The molecular formula is C27H29BrFN3O4S. The van der Waals surface area contributed by atoms with Crippen LogP contribution in [0.1, 0.15) is 25.8 Å². The van der Waals surface area contributed by atoms with Gasteiger partial charge in [0.2, 0.25) is 11.8 Å². The molecule has 0 radical (unpaired) electrons. The number of hydrogen-bond acceptors (Lipinski definition) is 4. The molecule has 0 aliphatic heterocycles. The van der Waals surface area contributed by atoms with Crippen LogP contribution in [0.15, 0.2) is 88.2 Å². The first kappa shape index (κ1) is 28.3. The minimum Gasteiger partial charge on any atom is -0.355 e. The molecule has 3 rings (SSSR count). The Hall–Kier alpha value is -3.24. The molecule has 0 saturated heterocycles. The molecule has 0 fully saturated rings. The molecule has 7 nitrogen and oxygen atoms in total. The van der Waals surface area contributed by atoms with Crippen molar-refractivity contribution >= 4 is 43.5 Å². The van der Waals surface area contributed by atoms with Crippen LogP contribution < -0.4 is 9.62 Å². The third-order valence-corrected chi connectivity index (χ3v) is 7.99. The van der Waals surface area contributed by atoms with E-state index in [0.29, 0.717) is 28.7 Å². The van der Waals surface area contributed by atoms with Crippen LogP contribution in [0.25, 0.3) is 0 Å². The van der Waals surface area contributed by atoms with Gasteiger partial charge in [0, 0.05) is 17.6 Å². The molecule has 1 N–H and O–H groups in total. The highest BCUT2D eigenvalue weighted by molar-refractivity contribution is 9.10. The van der Waals surface area contributed by atoms with E-state index < -0.39 is 34.3 Å². The smallest absolute Gasteiger partial charge is 0.264 e. The maximum Gasteiger partial charge on any atom is 0.264 e. The molecule has 1 atom stereocenters. The zero-order valence-electron chi connectivity index (χ0n) is 20.6. The zero-order chi connectivity index (χ0) is 27.0. The maximum absolute atomic E-state index is 13.8. The molecule has 0 aromatic heterocycles. The van der Waals surface area contributed by atoms with Crippen molar-refractivity contribution in [2.24, 2.45) is 0 Å². The Bertz CT molecular complexity index is 1320. The molecule has 37 heavy (non-hydrogen) atoms. The molecule has 0 aliphatic rings. The monoisotopic (exact) mass is 589 g/mol. The Morgan fingerprint density at radius 2 is 1.65 bits per heavy atom. The normalized spacial score (nSPS) is 12.0. The van der Waals surface area contributed by atoms with Gasteiger partial charge in [-0.1, -0.05) is 59.3 Å². The number of amides is 2. The van der Waals surface area contributed by atoms with Crippen molar-refractivity contribution in [2.75, 3.05) is 17.4 Å². The first-order valence-electron chi connectivity index (χ1n) is 11.8. The van der Waals surface area contributed by atoms with Crippen LogP contribution in [0.3, 0.4) is 0 Å². The van der Waals surface area contributed by atoms with Gasteiger partial charge < -0.3 is 10.2 Å². The molecular weight excluding hydrogens is 561 g/mol. The summed E-state index contributed by atoms with van der Waals surface area (Å²) < 4.78 is 42.6. The summed E-state index contributed by atoms with van der Waals surface area (Å²) in [6, 6.07) is 19.3. The quantitative estimate of drug-likeness (QED) is 0.350. The van der Waals surface area contributed by atoms with Gasteiger partial charge in [-0.3, -0.25) is 13.9 Å². The second-order valence-electron chi connectivity index (χ2n) is 8.27. The summed E-state index contributed by atoms with van der Waals surface area (Å²) in [5.41, 5.74) is 0.900. The highest BCUT2D eigenvalue weighted by Crippen LogP contribution is 2.27. The van der Waals surface area contributed by atoms with Crippen molar-refractivity contribution in [3.05, 3.63) is 94.7 Å². The first-order chi connectivity index (χ1) is 17.7. The fourth-order valence-corrected chi connectivity index (χ4v) is 5.69. The topological polar surface area (TPSA) is 86.8 Å². The number of hydrogen-bond donors (Lipinski definition) is 1. The van der Waals surface area contributed by atoms with Gasteiger partial charge >= 0.3 is 0 Å². The Morgan fingerprint density at radius 1 is 0.973 bits per heavy atom. The molecule has 3 aromatic rings. The number of benzene rings is 3. The van der Waals surface area contributed by atoms with Crippen LogP contribution in [0.5, 0.6) is 0 Å². The van der Waals surface area contributed by atoms with Crippen LogP contribution in [0.4, 0.5) is 10.1 Å². The number of nitrogens with zero attached hydrogens (tertiary/aromatic N) is 2. The van der Waals surface area contributed by atoms with Gasteiger partial charge in [-0.15, -0.1) is 0 Å². The van der Waals surface area contributed by atoms with Crippen LogP contribution in [-0.4, -0.2) is 44.3 Å². The predicted octanol–water partition coefficient (Wildman–Crippen LogP) is 4.73. The average Bonchev–Trinajstić information content (AvgIpc) is 2.88. The van der Waals surface area contributed by atoms with Crippen molar-refractivity contribution in [1.82, 2.24) is 10.2 Å². The summed E-state index contributed by atoms with van der Waals surface area (Å²) >= 11 is 3.37. The molecule has 2 amide bonds. The summed E-state index contributed by atoms with van der Waals surface area (Å²) in [6.07, 6.45) is 0.307. The lowest BCUT2D eigenvalue weighted by atomic mass is 10.1. The zero-order valence-corrected chi connectivity index (χ0v) is 23.0. The molecule has 0 saturated carbocycles.